The predicted molar refractivity (Wildman–Crippen MR) is 95.2 cm³/mol. The van der Waals surface area contributed by atoms with Crippen molar-refractivity contribution >= 4 is 45.0 Å². The third kappa shape index (κ3) is 5.60. The van der Waals surface area contributed by atoms with Gasteiger partial charge < -0.3 is 5.73 Å². The summed E-state index contributed by atoms with van der Waals surface area (Å²) in [5.74, 6) is -0.928. The van der Waals surface area contributed by atoms with Crippen molar-refractivity contribution in [3.05, 3.63) is 43.5 Å². The van der Waals surface area contributed by atoms with E-state index in [9.17, 15) is 29.8 Å². The number of nitrogens with zero attached hydrogens (tertiary/aromatic N) is 2. The van der Waals surface area contributed by atoms with E-state index in [0.717, 1.165) is 29.2 Å². The van der Waals surface area contributed by atoms with Crippen molar-refractivity contribution in [2.75, 3.05) is 5.75 Å². The SMILES string of the molecule is CCC(C)CSSNC(=O)c1c(C(N)=O)cc([N+](=O)[O-])cc1[N+](=O)[O-]. The van der Waals surface area contributed by atoms with E-state index < -0.39 is 44.2 Å². The molecule has 25 heavy (non-hydrogen) atoms. The molecule has 0 fully saturated rings. The minimum Gasteiger partial charge on any atom is -0.366 e. The fraction of sp³-hybridized carbons (Fsp3) is 0.385. The maximum absolute atomic E-state index is 12.3. The van der Waals surface area contributed by atoms with Crippen molar-refractivity contribution in [2.45, 2.75) is 20.3 Å². The molecule has 1 aromatic rings. The highest BCUT2D eigenvalue weighted by atomic mass is 33.1. The third-order valence-electron chi connectivity index (χ3n) is 3.25. The van der Waals surface area contributed by atoms with Crippen LogP contribution in [-0.4, -0.2) is 27.4 Å². The number of nitrogens with two attached hydrogens (primary N) is 1. The van der Waals surface area contributed by atoms with E-state index >= 15 is 0 Å². The number of hydrogen-bond acceptors (Lipinski definition) is 8. The average Bonchev–Trinajstić information content (AvgIpc) is 2.56. The molecule has 1 unspecified atom stereocenters. The Morgan fingerprint density at radius 2 is 1.92 bits per heavy atom. The Bertz CT molecular complexity index is 677. The van der Waals surface area contributed by atoms with Crippen LogP contribution < -0.4 is 10.5 Å². The summed E-state index contributed by atoms with van der Waals surface area (Å²) in [6.07, 6.45) is 0.959. The van der Waals surface area contributed by atoms with E-state index in [1.54, 1.807) is 0 Å². The number of nitrogens with one attached hydrogen (secondary N) is 1. The Labute approximate surface area is 150 Å². The second-order valence-corrected chi connectivity index (χ2v) is 7.23. The monoisotopic (exact) mass is 388 g/mol. The lowest BCUT2D eigenvalue weighted by Gasteiger charge is -2.09. The largest absolute Gasteiger partial charge is 0.366 e. The Morgan fingerprint density at radius 1 is 1.28 bits per heavy atom. The normalized spacial score (nSPS) is 11.6. The summed E-state index contributed by atoms with van der Waals surface area (Å²) in [5, 5.41) is 22.0. The van der Waals surface area contributed by atoms with Gasteiger partial charge in [0.05, 0.1) is 21.5 Å². The minimum atomic E-state index is -1.17. The Balaban J connectivity index is 3.14. The van der Waals surface area contributed by atoms with Crippen LogP contribution in [0.15, 0.2) is 12.1 Å². The summed E-state index contributed by atoms with van der Waals surface area (Å²) in [6.45, 7) is 4.05. The van der Waals surface area contributed by atoms with E-state index in [0.29, 0.717) is 12.0 Å². The number of nitro benzene ring substituents is 2. The second kappa shape index (κ2) is 9.22. The van der Waals surface area contributed by atoms with Crippen LogP contribution in [0.3, 0.4) is 0 Å². The lowest BCUT2D eigenvalue weighted by Crippen LogP contribution is -2.23. The molecule has 0 spiro atoms. The van der Waals surface area contributed by atoms with E-state index in [2.05, 4.69) is 4.72 Å². The molecule has 0 aliphatic rings. The topological polar surface area (TPSA) is 158 Å². The van der Waals surface area contributed by atoms with Gasteiger partial charge in [0.25, 0.3) is 17.3 Å². The summed E-state index contributed by atoms with van der Waals surface area (Å²) in [4.78, 5) is 43.9. The average molecular weight is 388 g/mol. The highest BCUT2D eigenvalue weighted by Gasteiger charge is 2.31. The van der Waals surface area contributed by atoms with E-state index in [1.165, 1.54) is 10.8 Å². The van der Waals surface area contributed by atoms with Crippen LogP contribution in [-0.2, 0) is 0 Å². The molecule has 0 saturated carbocycles. The third-order valence-corrected chi connectivity index (χ3v) is 5.35. The van der Waals surface area contributed by atoms with Gasteiger partial charge in [-0.05, 0) is 5.92 Å². The van der Waals surface area contributed by atoms with Crippen molar-refractivity contribution in [1.29, 1.82) is 0 Å². The lowest BCUT2D eigenvalue weighted by molar-refractivity contribution is -0.394. The standard InChI is InChI=1S/C13H16N4O6S2/c1-3-7(2)6-24-25-15-13(19)11-9(12(14)18)4-8(16(20)21)5-10(11)17(22)23/h4-5,7H,3,6H2,1-2H3,(H2,14,18)(H,15,19). The molecule has 0 aliphatic carbocycles. The lowest BCUT2D eigenvalue weighted by atomic mass is 10.0. The first kappa shape index (κ1) is 20.7. The molecule has 3 N–H and O–H groups in total. The first-order valence-electron chi connectivity index (χ1n) is 7.04. The van der Waals surface area contributed by atoms with Gasteiger partial charge in [-0.2, -0.15) is 0 Å². The van der Waals surface area contributed by atoms with Gasteiger partial charge in [0.2, 0.25) is 5.91 Å². The molecule has 1 atom stereocenters. The van der Waals surface area contributed by atoms with Gasteiger partial charge in [0.1, 0.15) is 5.56 Å². The molecule has 136 valence electrons. The summed E-state index contributed by atoms with van der Waals surface area (Å²) >= 11 is 0. The van der Waals surface area contributed by atoms with E-state index in [1.807, 2.05) is 13.8 Å². The van der Waals surface area contributed by atoms with Crippen LogP contribution >= 0.6 is 21.8 Å². The summed E-state index contributed by atoms with van der Waals surface area (Å²) in [5.41, 5.74) is 2.40. The number of carbonyl (C=O) groups excluding carboxylic acids is 2. The Morgan fingerprint density at radius 3 is 2.40 bits per heavy atom. The molecule has 0 aromatic heterocycles. The molecule has 0 bridgehead atoms. The summed E-state index contributed by atoms with van der Waals surface area (Å²) < 4.78 is 2.38. The highest BCUT2D eigenvalue weighted by Crippen LogP contribution is 2.30. The second-order valence-electron chi connectivity index (χ2n) is 5.08. The van der Waals surface area contributed by atoms with Crippen LogP contribution in [0.25, 0.3) is 0 Å². The van der Waals surface area contributed by atoms with Gasteiger partial charge in [0, 0.05) is 22.8 Å². The zero-order valence-electron chi connectivity index (χ0n) is 13.4. The summed E-state index contributed by atoms with van der Waals surface area (Å²) in [6, 6.07) is 1.37. The Hall–Kier alpha value is -2.34. The minimum absolute atomic E-state index is 0.421. The maximum atomic E-state index is 12.3. The number of non-ortho nitro benzene ring substituents is 1. The van der Waals surface area contributed by atoms with Gasteiger partial charge in [-0.15, -0.1) is 0 Å². The van der Waals surface area contributed by atoms with Crippen LogP contribution in [0.4, 0.5) is 11.4 Å². The van der Waals surface area contributed by atoms with Crippen molar-refractivity contribution in [3.63, 3.8) is 0 Å². The van der Waals surface area contributed by atoms with Gasteiger partial charge in [-0.25, -0.2) is 0 Å². The van der Waals surface area contributed by atoms with Crippen molar-refractivity contribution in [1.82, 2.24) is 4.72 Å². The van der Waals surface area contributed by atoms with Crippen LogP contribution in [0.5, 0.6) is 0 Å². The highest BCUT2D eigenvalue weighted by molar-refractivity contribution is 8.76. The molecule has 0 radical (unpaired) electrons. The molecule has 1 rings (SSSR count). The zero-order valence-corrected chi connectivity index (χ0v) is 15.0. The van der Waals surface area contributed by atoms with Crippen LogP contribution in [0.1, 0.15) is 41.0 Å². The molecule has 10 nitrogen and oxygen atoms in total. The molecule has 12 heteroatoms. The molecular weight excluding hydrogens is 372 g/mol. The molecule has 0 heterocycles. The van der Waals surface area contributed by atoms with Crippen molar-refractivity contribution in [3.8, 4) is 0 Å². The van der Waals surface area contributed by atoms with Gasteiger partial charge in [-0.1, -0.05) is 31.1 Å². The number of benzene rings is 1. The van der Waals surface area contributed by atoms with Gasteiger partial charge in [0.15, 0.2) is 0 Å². The molecule has 0 saturated heterocycles. The fourth-order valence-electron chi connectivity index (χ4n) is 1.68. The number of hydrogen-bond donors (Lipinski definition) is 2. The number of nitro groups is 2. The summed E-state index contributed by atoms with van der Waals surface area (Å²) in [7, 11) is 2.30. The van der Waals surface area contributed by atoms with Gasteiger partial charge in [-0.3, -0.25) is 34.5 Å². The molecule has 2 amide bonds. The zero-order chi connectivity index (χ0) is 19.1. The van der Waals surface area contributed by atoms with Crippen LogP contribution in [0.2, 0.25) is 0 Å². The molecular formula is C13H16N4O6S2. The molecule has 0 aliphatic heterocycles. The number of primary amides is 1. The number of amides is 2. The quantitative estimate of drug-likeness (QED) is 0.215. The van der Waals surface area contributed by atoms with E-state index in [-0.39, 0.29) is 0 Å². The predicted octanol–water partition coefficient (Wildman–Crippen LogP) is 2.67. The van der Waals surface area contributed by atoms with Crippen molar-refractivity contribution < 1.29 is 19.4 Å². The smallest absolute Gasteiger partial charge is 0.289 e. The van der Waals surface area contributed by atoms with E-state index in [4.69, 9.17) is 5.73 Å². The van der Waals surface area contributed by atoms with Crippen molar-refractivity contribution in [2.24, 2.45) is 11.7 Å². The maximum Gasteiger partial charge on any atom is 0.289 e. The van der Waals surface area contributed by atoms with Gasteiger partial charge >= 0.3 is 0 Å². The number of rotatable bonds is 9. The fourth-order valence-corrected chi connectivity index (χ4v) is 3.76. The first-order valence-corrected chi connectivity index (χ1v) is 9.36. The molecule has 1 aromatic carbocycles. The number of carbonyl (C=O) groups is 2. The Kier molecular flexibility index (Phi) is 7.64. The van der Waals surface area contributed by atoms with Crippen LogP contribution in [0, 0.1) is 26.1 Å². The first-order chi connectivity index (χ1) is 11.7.